The minimum Gasteiger partial charge on any atom is -0.508 e. The van der Waals surface area contributed by atoms with E-state index in [4.69, 9.17) is 4.74 Å². The molecule has 3 N–H and O–H groups in total. The molecular weight excluding hydrogens is 396 g/mol. The molecule has 1 atom stereocenters. The van der Waals surface area contributed by atoms with Crippen LogP contribution in [0.4, 0.5) is 5.69 Å². The number of carbonyl (C=O) groups is 2. The number of fused-ring (bicyclic) bond motifs is 1. The normalized spacial score (nSPS) is 13.8. The second kappa shape index (κ2) is 10.8. The van der Waals surface area contributed by atoms with Crippen molar-refractivity contribution in [2.24, 2.45) is 0 Å². The van der Waals surface area contributed by atoms with Crippen LogP contribution in [0.25, 0.3) is 0 Å². The zero-order valence-electron chi connectivity index (χ0n) is 17.8. The van der Waals surface area contributed by atoms with E-state index in [-0.39, 0.29) is 36.8 Å². The van der Waals surface area contributed by atoms with Gasteiger partial charge in [0.25, 0.3) is 0 Å². The van der Waals surface area contributed by atoms with Crippen LogP contribution in [-0.4, -0.2) is 52.7 Å². The molecule has 7 heteroatoms. The van der Waals surface area contributed by atoms with Gasteiger partial charge in [-0.25, -0.2) is 0 Å². The lowest BCUT2D eigenvalue weighted by Crippen LogP contribution is -2.41. The van der Waals surface area contributed by atoms with Crippen LogP contribution in [0, 0.1) is 0 Å². The number of aryl methyl sites for hydroxylation is 1. The Morgan fingerprint density at radius 1 is 1.19 bits per heavy atom. The quantitative estimate of drug-likeness (QED) is 0.508. The largest absolute Gasteiger partial charge is 0.508 e. The molecule has 0 aromatic heterocycles. The average molecular weight is 427 g/mol. The fourth-order valence-corrected chi connectivity index (χ4v) is 3.79. The highest BCUT2D eigenvalue weighted by Crippen LogP contribution is 2.27. The van der Waals surface area contributed by atoms with Crippen LogP contribution < -0.4 is 10.1 Å². The Bertz CT molecular complexity index is 897. The fourth-order valence-electron chi connectivity index (χ4n) is 3.79. The zero-order valence-corrected chi connectivity index (χ0v) is 17.8. The molecule has 0 aliphatic carbocycles. The van der Waals surface area contributed by atoms with E-state index in [0.717, 1.165) is 22.6 Å². The number of nitrogens with one attached hydrogen (secondary N) is 1. The highest BCUT2D eigenvalue weighted by atomic mass is 16.5. The lowest BCUT2D eigenvalue weighted by molar-refractivity contribution is -0.134. The zero-order chi connectivity index (χ0) is 22.2. The summed E-state index contributed by atoms with van der Waals surface area (Å²) in [6.07, 6.45) is 2.73. The van der Waals surface area contributed by atoms with Crippen LogP contribution in [0.2, 0.25) is 0 Å². The van der Waals surface area contributed by atoms with E-state index >= 15 is 0 Å². The van der Waals surface area contributed by atoms with Gasteiger partial charge in [0, 0.05) is 31.1 Å². The van der Waals surface area contributed by atoms with Gasteiger partial charge in [0.05, 0.1) is 13.2 Å². The van der Waals surface area contributed by atoms with Crippen molar-refractivity contribution in [3.8, 4) is 11.5 Å². The van der Waals surface area contributed by atoms with Gasteiger partial charge in [-0.3, -0.25) is 9.59 Å². The number of aliphatic hydroxyl groups is 1. The Labute approximate surface area is 182 Å². The number of nitrogens with zero attached hydrogens (tertiary/aromatic N) is 1. The summed E-state index contributed by atoms with van der Waals surface area (Å²) < 4.78 is 5.80. The van der Waals surface area contributed by atoms with Crippen LogP contribution in [-0.2, 0) is 22.4 Å². The molecule has 31 heavy (non-hydrogen) atoms. The van der Waals surface area contributed by atoms with Crippen molar-refractivity contribution >= 4 is 17.5 Å². The van der Waals surface area contributed by atoms with Crippen LogP contribution in [0.3, 0.4) is 0 Å². The smallest absolute Gasteiger partial charge is 0.224 e. The summed E-state index contributed by atoms with van der Waals surface area (Å²) in [5, 5.41) is 21.7. The Hall–Kier alpha value is -3.06. The van der Waals surface area contributed by atoms with Gasteiger partial charge in [-0.05, 0) is 67.6 Å². The molecule has 1 heterocycles. The van der Waals surface area contributed by atoms with Crippen molar-refractivity contribution in [2.75, 3.05) is 25.1 Å². The van der Waals surface area contributed by atoms with Crippen LogP contribution in [0.15, 0.2) is 42.5 Å². The number of hydrogen-bond acceptors (Lipinski definition) is 5. The van der Waals surface area contributed by atoms with Gasteiger partial charge in [-0.1, -0.05) is 12.1 Å². The summed E-state index contributed by atoms with van der Waals surface area (Å²) in [4.78, 5) is 25.9. The molecule has 0 fully saturated rings. The number of aromatic hydroxyl groups is 1. The summed E-state index contributed by atoms with van der Waals surface area (Å²) in [5.74, 6) is 0.961. The molecule has 1 aliphatic heterocycles. The van der Waals surface area contributed by atoms with Gasteiger partial charge in [0.15, 0.2) is 0 Å². The number of amides is 2. The van der Waals surface area contributed by atoms with Gasteiger partial charge < -0.3 is 25.2 Å². The fraction of sp³-hybridized carbons (Fsp3) is 0.417. The Morgan fingerprint density at radius 3 is 2.71 bits per heavy atom. The first-order valence-electron chi connectivity index (χ1n) is 10.7. The molecule has 1 aliphatic rings. The molecule has 1 unspecified atom stereocenters. The Kier molecular flexibility index (Phi) is 7.89. The predicted octanol–water partition coefficient (Wildman–Crippen LogP) is 2.89. The average Bonchev–Trinajstić information content (AvgIpc) is 2.76. The number of anilines is 1. The van der Waals surface area contributed by atoms with Crippen molar-refractivity contribution in [1.82, 2.24) is 4.90 Å². The van der Waals surface area contributed by atoms with E-state index < -0.39 is 0 Å². The number of benzene rings is 2. The van der Waals surface area contributed by atoms with E-state index in [9.17, 15) is 19.8 Å². The first-order chi connectivity index (χ1) is 15.0. The number of aliphatic hydroxyl groups excluding tert-OH is 1. The topological polar surface area (TPSA) is 99.1 Å². The summed E-state index contributed by atoms with van der Waals surface area (Å²) in [6.45, 7) is 2.57. The lowest BCUT2D eigenvalue weighted by atomic mass is 10.0. The van der Waals surface area contributed by atoms with E-state index in [0.29, 0.717) is 38.7 Å². The van der Waals surface area contributed by atoms with Gasteiger partial charge in [0.2, 0.25) is 11.8 Å². The Morgan fingerprint density at radius 2 is 1.97 bits per heavy atom. The second-order valence-corrected chi connectivity index (χ2v) is 7.85. The molecule has 0 radical (unpaired) electrons. The molecule has 3 rings (SSSR count). The molecular formula is C24H30N2O5. The van der Waals surface area contributed by atoms with Gasteiger partial charge in [-0.2, -0.15) is 0 Å². The maximum absolute atomic E-state index is 12.7. The van der Waals surface area contributed by atoms with Crippen molar-refractivity contribution in [2.45, 2.75) is 45.1 Å². The maximum atomic E-state index is 12.7. The molecule has 2 aromatic rings. The van der Waals surface area contributed by atoms with Crippen LogP contribution in [0.5, 0.6) is 11.5 Å². The maximum Gasteiger partial charge on any atom is 0.224 e. The minimum absolute atomic E-state index is 0.0166. The first kappa shape index (κ1) is 22.6. The summed E-state index contributed by atoms with van der Waals surface area (Å²) >= 11 is 0. The molecule has 7 nitrogen and oxygen atoms in total. The number of hydrogen-bond donors (Lipinski definition) is 3. The molecule has 0 bridgehead atoms. The predicted molar refractivity (Wildman–Crippen MR) is 118 cm³/mol. The third-order valence-corrected chi connectivity index (χ3v) is 5.44. The summed E-state index contributed by atoms with van der Waals surface area (Å²) in [6, 6.07) is 12.5. The molecule has 2 amide bonds. The molecule has 0 spiro atoms. The molecule has 166 valence electrons. The minimum atomic E-state index is -0.0895. The number of carbonyl (C=O) groups excluding carboxylic acids is 2. The Balaban J connectivity index is 1.47. The van der Waals surface area contributed by atoms with Crippen LogP contribution >= 0.6 is 0 Å². The molecule has 0 saturated heterocycles. The number of phenols is 1. The lowest BCUT2D eigenvalue weighted by Gasteiger charge is -2.29. The monoisotopic (exact) mass is 426 g/mol. The van der Waals surface area contributed by atoms with Crippen molar-refractivity contribution in [3.05, 3.63) is 53.6 Å². The van der Waals surface area contributed by atoms with Crippen molar-refractivity contribution < 1.29 is 24.5 Å². The third kappa shape index (κ3) is 6.46. The van der Waals surface area contributed by atoms with E-state index in [1.807, 2.05) is 37.3 Å². The number of ether oxygens (including phenoxy) is 1. The SMILES string of the molecule is CC(Cc1ccc(O)cc1)N(CCO)C(=O)CCCOc1ccc2c(c1)CCC(=O)N2. The van der Waals surface area contributed by atoms with Crippen LogP contribution in [0.1, 0.15) is 37.3 Å². The molecule has 2 aromatic carbocycles. The number of rotatable bonds is 10. The summed E-state index contributed by atoms with van der Waals surface area (Å²) in [5.41, 5.74) is 2.92. The van der Waals surface area contributed by atoms with E-state index in [1.165, 1.54) is 0 Å². The second-order valence-electron chi connectivity index (χ2n) is 7.85. The highest BCUT2D eigenvalue weighted by molar-refractivity contribution is 5.94. The van der Waals surface area contributed by atoms with Gasteiger partial charge >= 0.3 is 0 Å². The van der Waals surface area contributed by atoms with Crippen molar-refractivity contribution in [1.29, 1.82) is 0 Å². The van der Waals surface area contributed by atoms with E-state index in [2.05, 4.69) is 5.32 Å². The van der Waals surface area contributed by atoms with E-state index in [1.54, 1.807) is 17.0 Å². The third-order valence-electron chi connectivity index (χ3n) is 5.44. The first-order valence-corrected chi connectivity index (χ1v) is 10.7. The summed E-state index contributed by atoms with van der Waals surface area (Å²) in [7, 11) is 0. The highest BCUT2D eigenvalue weighted by Gasteiger charge is 2.20. The van der Waals surface area contributed by atoms with Crippen molar-refractivity contribution in [3.63, 3.8) is 0 Å². The molecule has 0 saturated carbocycles. The number of phenolic OH excluding ortho intramolecular Hbond substituents is 1. The van der Waals surface area contributed by atoms with Gasteiger partial charge in [-0.15, -0.1) is 0 Å². The van der Waals surface area contributed by atoms with Gasteiger partial charge in [0.1, 0.15) is 11.5 Å². The standard InChI is InChI=1S/C24H30N2O5/c1-17(15-18-4-7-20(28)8-5-18)26(12-13-27)24(30)3-2-14-31-21-9-10-22-19(16-21)6-11-23(29)25-22/h4-5,7-10,16-17,27-28H,2-3,6,11-15H2,1H3,(H,25,29).